The fourth-order valence-electron chi connectivity index (χ4n) is 2.55. The average Bonchev–Trinajstić information content (AvgIpc) is 2.51. The first kappa shape index (κ1) is 17.1. The minimum absolute atomic E-state index is 0.517. The largest absolute Gasteiger partial charge is 0.497 e. The van der Waals surface area contributed by atoms with E-state index in [9.17, 15) is 0 Å². The van der Waals surface area contributed by atoms with Crippen molar-refractivity contribution in [2.75, 3.05) is 24.9 Å². The van der Waals surface area contributed by atoms with Crippen LogP contribution in [0.25, 0.3) is 0 Å². The highest BCUT2D eigenvalue weighted by Crippen LogP contribution is 2.29. The van der Waals surface area contributed by atoms with Crippen LogP contribution in [0.15, 0.2) is 30.3 Å². The van der Waals surface area contributed by atoms with Gasteiger partial charge in [-0.25, -0.2) is 0 Å². The molecule has 0 aromatic heterocycles. The summed E-state index contributed by atoms with van der Waals surface area (Å²) in [6.07, 6.45) is 0. The molecule has 2 aromatic rings. The van der Waals surface area contributed by atoms with Crippen molar-refractivity contribution in [3.63, 3.8) is 0 Å². The average molecular weight is 330 g/mol. The van der Waals surface area contributed by atoms with Gasteiger partial charge in [0.2, 0.25) is 0 Å². The van der Waals surface area contributed by atoms with Gasteiger partial charge in [0, 0.05) is 11.8 Å². The summed E-state index contributed by atoms with van der Waals surface area (Å²) in [6, 6.07) is 9.81. The Hall–Kier alpha value is -2.27. The van der Waals surface area contributed by atoms with E-state index in [2.05, 4.69) is 43.5 Å². The maximum Gasteiger partial charge on any atom is 0.175 e. The highest BCUT2D eigenvalue weighted by atomic mass is 32.1. The molecule has 0 unspecified atom stereocenters. The Balaban J connectivity index is 2.17. The molecule has 0 saturated heterocycles. The number of rotatable bonds is 4. The van der Waals surface area contributed by atoms with E-state index in [1.807, 2.05) is 18.2 Å². The van der Waals surface area contributed by atoms with E-state index in [-0.39, 0.29) is 0 Å². The van der Waals surface area contributed by atoms with Gasteiger partial charge in [-0.1, -0.05) is 17.7 Å². The highest BCUT2D eigenvalue weighted by molar-refractivity contribution is 7.80. The summed E-state index contributed by atoms with van der Waals surface area (Å²) in [5.41, 5.74) is 5.37. The quantitative estimate of drug-likeness (QED) is 0.811. The third kappa shape index (κ3) is 4.13. The molecule has 0 aliphatic carbocycles. The molecule has 2 N–H and O–H groups in total. The number of thiocarbonyl (C=S) groups is 1. The molecule has 4 nitrogen and oxygen atoms in total. The normalized spacial score (nSPS) is 10.1. The summed E-state index contributed by atoms with van der Waals surface area (Å²) in [5.74, 6) is 1.40. The van der Waals surface area contributed by atoms with Gasteiger partial charge in [-0.2, -0.15) is 0 Å². The summed E-state index contributed by atoms with van der Waals surface area (Å²) >= 11 is 5.43. The molecule has 0 radical (unpaired) electrons. The van der Waals surface area contributed by atoms with Crippen LogP contribution in [-0.4, -0.2) is 19.3 Å². The smallest absolute Gasteiger partial charge is 0.175 e. The van der Waals surface area contributed by atoms with Gasteiger partial charge >= 0.3 is 0 Å². The predicted octanol–water partition coefficient (Wildman–Crippen LogP) is 4.44. The number of ether oxygens (including phenoxy) is 2. The molecule has 0 saturated carbocycles. The first-order valence-electron chi connectivity index (χ1n) is 7.32. The molecule has 0 fully saturated rings. The van der Waals surface area contributed by atoms with Crippen molar-refractivity contribution in [3.05, 3.63) is 47.0 Å². The van der Waals surface area contributed by atoms with Crippen LogP contribution >= 0.6 is 12.2 Å². The van der Waals surface area contributed by atoms with Crippen LogP contribution < -0.4 is 20.1 Å². The molecular formula is C18H22N2O2S. The van der Waals surface area contributed by atoms with Crippen LogP contribution in [0.4, 0.5) is 11.4 Å². The summed E-state index contributed by atoms with van der Waals surface area (Å²) < 4.78 is 10.6. The molecule has 0 amide bonds. The van der Waals surface area contributed by atoms with Crippen LogP contribution in [0, 0.1) is 20.8 Å². The summed E-state index contributed by atoms with van der Waals surface area (Å²) in [6.45, 7) is 6.22. The number of benzene rings is 2. The highest BCUT2D eigenvalue weighted by Gasteiger charge is 2.09. The lowest BCUT2D eigenvalue weighted by Gasteiger charge is -2.17. The molecule has 0 bridgehead atoms. The molecule has 23 heavy (non-hydrogen) atoms. The number of aryl methyl sites for hydroxylation is 3. The summed E-state index contributed by atoms with van der Waals surface area (Å²) in [4.78, 5) is 0. The van der Waals surface area contributed by atoms with Gasteiger partial charge in [0.1, 0.15) is 11.5 Å². The van der Waals surface area contributed by atoms with Gasteiger partial charge in [0.05, 0.1) is 19.9 Å². The number of methoxy groups -OCH3 is 2. The zero-order chi connectivity index (χ0) is 17.0. The zero-order valence-electron chi connectivity index (χ0n) is 14.1. The number of anilines is 2. The van der Waals surface area contributed by atoms with Crippen LogP contribution in [0.1, 0.15) is 16.7 Å². The molecule has 0 aliphatic heterocycles. The topological polar surface area (TPSA) is 42.5 Å². The molecule has 0 spiro atoms. The number of hydrogen-bond acceptors (Lipinski definition) is 3. The van der Waals surface area contributed by atoms with Gasteiger partial charge in [0.25, 0.3) is 0 Å². The molecule has 2 aromatic carbocycles. The van der Waals surface area contributed by atoms with Crippen LogP contribution in [0.5, 0.6) is 11.5 Å². The zero-order valence-corrected chi connectivity index (χ0v) is 14.9. The minimum Gasteiger partial charge on any atom is -0.497 e. The van der Waals surface area contributed by atoms with Gasteiger partial charge in [-0.3, -0.25) is 0 Å². The van der Waals surface area contributed by atoms with Crippen LogP contribution in [0.2, 0.25) is 0 Å². The molecule has 2 rings (SSSR count). The lowest BCUT2D eigenvalue weighted by molar-refractivity contribution is 0.395. The maximum atomic E-state index is 5.43. The molecule has 0 atom stereocenters. The second-order valence-electron chi connectivity index (χ2n) is 5.42. The summed E-state index contributed by atoms with van der Waals surface area (Å²) in [7, 11) is 3.24. The SMILES string of the molecule is COc1ccc(NC(=S)Nc2c(C)cc(C)cc2C)c(OC)c1. The fraction of sp³-hybridized carbons (Fsp3) is 0.278. The molecule has 122 valence electrons. The Morgan fingerprint density at radius 2 is 1.57 bits per heavy atom. The standard InChI is InChI=1S/C18H22N2O2S/c1-11-8-12(2)17(13(3)9-11)20-18(23)19-15-7-6-14(21-4)10-16(15)22-5/h6-10H,1-5H3,(H2,19,20,23). The molecule has 5 heteroatoms. The first-order valence-corrected chi connectivity index (χ1v) is 7.73. The van der Waals surface area contributed by atoms with Crippen molar-refractivity contribution >= 4 is 28.7 Å². The Bertz CT molecular complexity index is 706. The summed E-state index contributed by atoms with van der Waals surface area (Å²) in [5, 5.41) is 6.95. The monoisotopic (exact) mass is 330 g/mol. The second-order valence-corrected chi connectivity index (χ2v) is 5.83. The molecular weight excluding hydrogens is 308 g/mol. The molecule has 0 aliphatic rings. The van der Waals surface area contributed by atoms with Crippen LogP contribution in [-0.2, 0) is 0 Å². The van der Waals surface area contributed by atoms with Crippen molar-refractivity contribution in [3.8, 4) is 11.5 Å². The Morgan fingerprint density at radius 3 is 2.13 bits per heavy atom. The lowest BCUT2D eigenvalue weighted by atomic mass is 10.1. The van der Waals surface area contributed by atoms with E-state index in [0.29, 0.717) is 10.9 Å². The maximum absolute atomic E-state index is 5.43. The van der Waals surface area contributed by atoms with Crippen molar-refractivity contribution in [1.29, 1.82) is 0 Å². The van der Waals surface area contributed by atoms with Crippen molar-refractivity contribution in [1.82, 2.24) is 0 Å². The Kier molecular flexibility index (Phi) is 5.45. The van der Waals surface area contributed by atoms with Crippen molar-refractivity contribution in [2.45, 2.75) is 20.8 Å². The Labute approximate surface area is 142 Å². The molecule has 0 heterocycles. The number of hydrogen-bond donors (Lipinski definition) is 2. The van der Waals surface area contributed by atoms with E-state index in [1.54, 1.807) is 14.2 Å². The lowest BCUT2D eigenvalue weighted by Crippen LogP contribution is -2.20. The van der Waals surface area contributed by atoms with Crippen LogP contribution in [0.3, 0.4) is 0 Å². The van der Waals surface area contributed by atoms with Crippen molar-refractivity contribution in [2.24, 2.45) is 0 Å². The van der Waals surface area contributed by atoms with E-state index in [0.717, 1.165) is 28.3 Å². The second kappa shape index (κ2) is 7.33. The van der Waals surface area contributed by atoms with E-state index in [4.69, 9.17) is 21.7 Å². The third-order valence-electron chi connectivity index (χ3n) is 3.57. The van der Waals surface area contributed by atoms with Gasteiger partial charge < -0.3 is 20.1 Å². The van der Waals surface area contributed by atoms with Gasteiger partial charge in [-0.15, -0.1) is 0 Å². The fourth-order valence-corrected chi connectivity index (χ4v) is 2.76. The first-order chi connectivity index (χ1) is 10.9. The Morgan fingerprint density at radius 1 is 0.913 bits per heavy atom. The van der Waals surface area contributed by atoms with Gasteiger partial charge in [0.15, 0.2) is 5.11 Å². The minimum atomic E-state index is 0.517. The third-order valence-corrected chi connectivity index (χ3v) is 3.78. The van der Waals surface area contributed by atoms with E-state index >= 15 is 0 Å². The van der Waals surface area contributed by atoms with E-state index in [1.165, 1.54) is 5.56 Å². The van der Waals surface area contributed by atoms with Crippen molar-refractivity contribution < 1.29 is 9.47 Å². The number of nitrogens with one attached hydrogen (secondary N) is 2. The van der Waals surface area contributed by atoms with E-state index < -0.39 is 0 Å². The van der Waals surface area contributed by atoms with Gasteiger partial charge in [-0.05, 0) is 56.2 Å². The predicted molar refractivity (Wildman–Crippen MR) is 100 cm³/mol.